The van der Waals surface area contributed by atoms with E-state index >= 15 is 0 Å². The van der Waals surface area contributed by atoms with E-state index in [2.05, 4.69) is 10.3 Å². The topological polar surface area (TPSA) is 24.9 Å². The van der Waals surface area contributed by atoms with Crippen molar-refractivity contribution in [1.82, 2.24) is 10.3 Å². The summed E-state index contributed by atoms with van der Waals surface area (Å²) in [5.41, 5.74) is 0.606. The van der Waals surface area contributed by atoms with Crippen LogP contribution >= 0.6 is 0 Å². The summed E-state index contributed by atoms with van der Waals surface area (Å²) in [6, 6.07) is 3.47. The van der Waals surface area contributed by atoms with Gasteiger partial charge in [-0.25, -0.2) is 4.98 Å². The quantitative estimate of drug-likeness (QED) is 0.653. The number of pyridine rings is 1. The minimum absolute atomic E-state index is 0.0173. The lowest BCUT2D eigenvalue weighted by Gasteiger charge is -2.09. The van der Waals surface area contributed by atoms with Gasteiger partial charge in [-0.15, -0.1) is 0 Å². The van der Waals surface area contributed by atoms with Crippen LogP contribution in [-0.2, 0) is 0 Å². The molecule has 0 saturated heterocycles. The number of halogens is 1. The summed E-state index contributed by atoms with van der Waals surface area (Å²) in [5, 5.41) is 2.94. The number of rotatable bonds is 2. The van der Waals surface area contributed by atoms with Gasteiger partial charge in [0.15, 0.2) is 0 Å². The summed E-state index contributed by atoms with van der Waals surface area (Å²) in [6.07, 6.45) is 1.45. The second-order valence-corrected chi connectivity index (χ2v) is 2.39. The van der Waals surface area contributed by atoms with Gasteiger partial charge in [-0.1, -0.05) is 6.07 Å². The first-order valence-corrected chi connectivity index (χ1v) is 3.53. The molecule has 0 aliphatic carbocycles. The molecule has 0 bridgehead atoms. The number of nitrogens with zero attached hydrogens (tertiary/aromatic N) is 1. The zero-order valence-electron chi connectivity index (χ0n) is 6.63. The summed E-state index contributed by atoms with van der Waals surface area (Å²) in [5.74, 6) is -0.394. The first kappa shape index (κ1) is 8.14. The van der Waals surface area contributed by atoms with Crippen molar-refractivity contribution in [1.29, 1.82) is 0 Å². The Hall–Kier alpha value is -0.960. The Morgan fingerprint density at radius 3 is 2.91 bits per heavy atom. The van der Waals surface area contributed by atoms with Gasteiger partial charge in [-0.3, -0.25) is 0 Å². The molecule has 0 fully saturated rings. The molecule has 1 atom stereocenters. The van der Waals surface area contributed by atoms with Crippen molar-refractivity contribution in [2.75, 3.05) is 7.05 Å². The van der Waals surface area contributed by atoms with Crippen LogP contribution in [0, 0.1) is 5.95 Å². The van der Waals surface area contributed by atoms with Crippen LogP contribution in [0.3, 0.4) is 0 Å². The monoisotopic (exact) mass is 154 g/mol. The van der Waals surface area contributed by atoms with Crippen LogP contribution in [0.4, 0.5) is 4.39 Å². The van der Waals surface area contributed by atoms with Gasteiger partial charge in [0.05, 0.1) is 0 Å². The zero-order valence-corrected chi connectivity index (χ0v) is 6.63. The standard InChI is InChI=1S/C8H11FN2/c1-6(10-2)7-4-3-5-11-8(7)9/h3-6,10H,1-2H3/t6-/m1/s1. The minimum atomic E-state index is -0.394. The number of hydrogen-bond acceptors (Lipinski definition) is 2. The Morgan fingerprint density at radius 2 is 2.36 bits per heavy atom. The van der Waals surface area contributed by atoms with Crippen LogP contribution in [-0.4, -0.2) is 12.0 Å². The molecule has 0 aliphatic rings. The Kier molecular flexibility index (Phi) is 2.54. The zero-order chi connectivity index (χ0) is 8.27. The number of nitrogens with one attached hydrogen (secondary N) is 1. The molecule has 0 unspecified atom stereocenters. The maximum atomic E-state index is 12.9. The number of aromatic nitrogens is 1. The van der Waals surface area contributed by atoms with Gasteiger partial charge in [-0.2, -0.15) is 4.39 Å². The largest absolute Gasteiger partial charge is 0.313 e. The molecule has 2 nitrogen and oxygen atoms in total. The fourth-order valence-electron chi connectivity index (χ4n) is 0.877. The SMILES string of the molecule is CN[C@H](C)c1cccnc1F. The fourth-order valence-corrected chi connectivity index (χ4v) is 0.877. The summed E-state index contributed by atoms with van der Waals surface area (Å²) in [7, 11) is 1.79. The van der Waals surface area contributed by atoms with E-state index in [-0.39, 0.29) is 6.04 Å². The lowest BCUT2D eigenvalue weighted by atomic mass is 10.1. The molecular formula is C8H11FN2. The maximum Gasteiger partial charge on any atom is 0.217 e. The molecule has 1 aromatic heterocycles. The van der Waals surface area contributed by atoms with E-state index in [1.807, 2.05) is 6.92 Å². The Bertz CT molecular complexity index is 237. The second kappa shape index (κ2) is 3.44. The first-order valence-electron chi connectivity index (χ1n) is 3.53. The number of hydrogen-bond donors (Lipinski definition) is 1. The molecule has 0 spiro atoms. The van der Waals surface area contributed by atoms with Crippen molar-refractivity contribution in [2.24, 2.45) is 0 Å². The third kappa shape index (κ3) is 1.74. The van der Waals surface area contributed by atoms with Crippen LogP contribution in [0.15, 0.2) is 18.3 Å². The van der Waals surface area contributed by atoms with Crippen molar-refractivity contribution in [2.45, 2.75) is 13.0 Å². The molecule has 1 N–H and O–H groups in total. The van der Waals surface area contributed by atoms with Crippen LogP contribution in [0.2, 0.25) is 0 Å². The molecule has 0 saturated carbocycles. The van der Waals surface area contributed by atoms with Gasteiger partial charge in [0.25, 0.3) is 0 Å². The molecule has 1 heterocycles. The average molecular weight is 154 g/mol. The van der Waals surface area contributed by atoms with Crippen molar-refractivity contribution in [3.8, 4) is 0 Å². The van der Waals surface area contributed by atoms with Crippen molar-refractivity contribution in [3.05, 3.63) is 29.8 Å². The van der Waals surface area contributed by atoms with Crippen LogP contribution in [0.5, 0.6) is 0 Å². The van der Waals surface area contributed by atoms with Crippen LogP contribution < -0.4 is 5.32 Å². The van der Waals surface area contributed by atoms with E-state index in [1.54, 1.807) is 19.2 Å². The lowest BCUT2D eigenvalue weighted by Crippen LogP contribution is -2.14. The van der Waals surface area contributed by atoms with Crippen molar-refractivity contribution < 1.29 is 4.39 Å². The van der Waals surface area contributed by atoms with Crippen molar-refractivity contribution in [3.63, 3.8) is 0 Å². The van der Waals surface area contributed by atoms with Crippen LogP contribution in [0.25, 0.3) is 0 Å². The van der Waals surface area contributed by atoms with E-state index < -0.39 is 5.95 Å². The highest BCUT2D eigenvalue weighted by atomic mass is 19.1. The Balaban J connectivity index is 2.93. The van der Waals surface area contributed by atoms with Gasteiger partial charge in [0.1, 0.15) is 0 Å². The Labute approximate surface area is 65.5 Å². The molecule has 1 rings (SSSR count). The van der Waals surface area contributed by atoms with E-state index in [9.17, 15) is 4.39 Å². The summed E-state index contributed by atoms with van der Waals surface area (Å²) in [4.78, 5) is 3.54. The summed E-state index contributed by atoms with van der Waals surface area (Å²) >= 11 is 0. The molecule has 0 aromatic carbocycles. The molecular weight excluding hydrogens is 143 g/mol. The molecule has 0 amide bonds. The fraction of sp³-hybridized carbons (Fsp3) is 0.375. The van der Waals surface area contributed by atoms with Crippen molar-refractivity contribution >= 4 is 0 Å². The van der Waals surface area contributed by atoms with Gasteiger partial charge in [0, 0.05) is 17.8 Å². The summed E-state index contributed by atoms with van der Waals surface area (Å²) in [6.45, 7) is 1.89. The summed E-state index contributed by atoms with van der Waals surface area (Å²) < 4.78 is 12.9. The molecule has 1 aromatic rings. The smallest absolute Gasteiger partial charge is 0.217 e. The van der Waals surface area contributed by atoms with Gasteiger partial charge >= 0.3 is 0 Å². The molecule has 3 heteroatoms. The Morgan fingerprint density at radius 1 is 1.64 bits per heavy atom. The first-order chi connectivity index (χ1) is 5.25. The second-order valence-electron chi connectivity index (χ2n) is 2.39. The molecule has 0 radical (unpaired) electrons. The molecule has 60 valence electrons. The third-order valence-electron chi connectivity index (χ3n) is 1.69. The third-order valence-corrected chi connectivity index (χ3v) is 1.69. The van der Waals surface area contributed by atoms with Crippen LogP contribution in [0.1, 0.15) is 18.5 Å². The average Bonchev–Trinajstić information content (AvgIpc) is 2.04. The van der Waals surface area contributed by atoms with Gasteiger partial charge < -0.3 is 5.32 Å². The minimum Gasteiger partial charge on any atom is -0.313 e. The highest BCUT2D eigenvalue weighted by Crippen LogP contribution is 2.12. The molecule has 11 heavy (non-hydrogen) atoms. The highest BCUT2D eigenvalue weighted by Gasteiger charge is 2.07. The molecule has 0 aliphatic heterocycles. The lowest BCUT2D eigenvalue weighted by molar-refractivity contribution is 0.530. The van der Waals surface area contributed by atoms with E-state index in [0.29, 0.717) is 5.56 Å². The van der Waals surface area contributed by atoms with E-state index in [0.717, 1.165) is 0 Å². The normalized spacial score (nSPS) is 13.0. The maximum absolute atomic E-state index is 12.9. The van der Waals surface area contributed by atoms with Gasteiger partial charge in [-0.05, 0) is 20.0 Å². The van der Waals surface area contributed by atoms with E-state index in [1.165, 1.54) is 6.20 Å². The van der Waals surface area contributed by atoms with Gasteiger partial charge in [0.2, 0.25) is 5.95 Å². The predicted molar refractivity (Wildman–Crippen MR) is 41.7 cm³/mol. The predicted octanol–water partition coefficient (Wildman–Crippen LogP) is 1.50. The highest BCUT2D eigenvalue weighted by molar-refractivity contribution is 5.14. The van der Waals surface area contributed by atoms with E-state index in [4.69, 9.17) is 0 Å².